The van der Waals surface area contributed by atoms with Gasteiger partial charge in [0.25, 0.3) is 0 Å². The van der Waals surface area contributed by atoms with E-state index in [9.17, 15) is 13.9 Å². The number of aryl methyl sites for hydroxylation is 1. The highest BCUT2D eigenvalue weighted by Crippen LogP contribution is 2.50. The fraction of sp³-hybridized carbons (Fsp3) is 0.455. The molecule has 1 N–H and O–H groups in total. The molecule has 1 unspecified atom stereocenters. The molecule has 1 aliphatic carbocycles. The van der Waals surface area contributed by atoms with Crippen LogP contribution in [0.4, 0.5) is 8.78 Å². The van der Waals surface area contributed by atoms with Gasteiger partial charge in [0.2, 0.25) is 0 Å². The van der Waals surface area contributed by atoms with E-state index in [2.05, 4.69) is 15.9 Å². The van der Waals surface area contributed by atoms with Crippen LogP contribution in [0.2, 0.25) is 0 Å². The molecule has 1 aromatic rings. The minimum absolute atomic E-state index is 0.00769. The molecule has 88 valence electrons. The summed E-state index contributed by atoms with van der Waals surface area (Å²) in [4.78, 5) is -3.34. The quantitative estimate of drug-likeness (QED) is 0.850. The van der Waals surface area contributed by atoms with E-state index in [0.29, 0.717) is 12.2 Å². The van der Waals surface area contributed by atoms with Gasteiger partial charge in [-0.2, -0.15) is 8.78 Å². The van der Waals surface area contributed by atoms with Crippen molar-refractivity contribution in [2.45, 2.75) is 23.3 Å². The van der Waals surface area contributed by atoms with Crippen molar-refractivity contribution >= 4 is 15.9 Å². The molecule has 0 aliphatic heterocycles. The smallest absolute Gasteiger partial charge is 0.333 e. The first-order chi connectivity index (χ1) is 7.38. The number of hydrogen-bond donors (Lipinski definition) is 1. The van der Waals surface area contributed by atoms with Crippen LogP contribution in [0.1, 0.15) is 17.5 Å². The Morgan fingerprint density at radius 3 is 2.75 bits per heavy atom. The summed E-state index contributed by atoms with van der Waals surface area (Å²) in [6.07, 6.45) is 0.449. The average molecular weight is 293 g/mol. The largest absolute Gasteiger partial charge is 0.497 e. The molecule has 5 heteroatoms. The van der Waals surface area contributed by atoms with Gasteiger partial charge in [-0.1, -0.05) is 6.07 Å². The van der Waals surface area contributed by atoms with E-state index < -0.39 is 10.4 Å². The molecule has 0 saturated heterocycles. The Morgan fingerprint density at radius 2 is 2.19 bits per heavy atom. The van der Waals surface area contributed by atoms with E-state index in [1.165, 1.54) is 13.2 Å². The molecule has 0 fully saturated rings. The third-order valence-electron chi connectivity index (χ3n) is 2.99. The van der Waals surface area contributed by atoms with E-state index in [1.807, 2.05) is 0 Å². The minimum atomic E-state index is -3.34. The zero-order valence-electron chi connectivity index (χ0n) is 8.64. The molecule has 0 bridgehead atoms. The lowest BCUT2D eigenvalue weighted by Crippen LogP contribution is -2.38. The van der Waals surface area contributed by atoms with Crippen LogP contribution in [0.25, 0.3) is 0 Å². The van der Waals surface area contributed by atoms with Crippen molar-refractivity contribution in [3.8, 4) is 5.75 Å². The van der Waals surface area contributed by atoms with Crippen molar-refractivity contribution in [2.75, 3.05) is 7.11 Å². The van der Waals surface area contributed by atoms with Crippen LogP contribution >= 0.6 is 15.9 Å². The first-order valence-electron chi connectivity index (χ1n) is 4.85. The van der Waals surface area contributed by atoms with Gasteiger partial charge >= 0.3 is 4.83 Å². The zero-order valence-corrected chi connectivity index (χ0v) is 10.2. The number of rotatable bonds is 2. The summed E-state index contributed by atoms with van der Waals surface area (Å²) in [6, 6.07) is 4.89. The van der Waals surface area contributed by atoms with Gasteiger partial charge in [0.1, 0.15) is 5.75 Å². The summed E-state index contributed by atoms with van der Waals surface area (Å²) in [6.45, 7) is 0. The van der Waals surface area contributed by atoms with Crippen molar-refractivity contribution in [2.24, 2.45) is 0 Å². The molecule has 1 aromatic carbocycles. The number of methoxy groups -OCH3 is 1. The normalized spacial score (nSPS) is 24.3. The van der Waals surface area contributed by atoms with Crippen LogP contribution in [0.3, 0.4) is 0 Å². The van der Waals surface area contributed by atoms with Gasteiger partial charge in [0.15, 0.2) is 5.60 Å². The van der Waals surface area contributed by atoms with Gasteiger partial charge in [-0.15, -0.1) is 0 Å². The maximum Gasteiger partial charge on any atom is 0.333 e. The Kier molecular flexibility index (Phi) is 2.70. The molecule has 16 heavy (non-hydrogen) atoms. The second-order valence-corrected chi connectivity index (χ2v) is 4.88. The number of aliphatic hydroxyl groups is 1. The van der Waals surface area contributed by atoms with Gasteiger partial charge in [0, 0.05) is 0 Å². The Bertz CT molecular complexity index is 417. The van der Waals surface area contributed by atoms with E-state index in [0.717, 1.165) is 5.56 Å². The SMILES string of the molecule is COc1ccc2c(c1)C(O)(C(F)(F)Br)CC2. The van der Waals surface area contributed by atoms with Crippen LogP contribution in [0.5, 0.6) is 5.75 Å². The van der Waals surface area contributed by atoms with Gasteiger partial charge in [-0.25, -0.2) is 0 Å². The fourth-order valence-electron chi connectivity index (χ4n) is 2.03. The second kappa shape index (κ2) is 3.67. The molecular weight excluding hydrogens is 282 g/mol. The van der Waals surface area contributed by atoms with Gasteiger partial charge in [-0.05, 0) is 52.0 Å². The van der Waals surface area contributed by atoms with E-state index in [1.54, 1.807) is 12.1 Å². The maximum atomic E-state index is 13.4. The highest BCUT2D eigenvalue weighted by Gasteiger charge is 2.55. The summed E-state index contributed by atoms with van der Waals surface area (Å²) in [7, 11) is 1.46. The number of hydrogen-bond acceptors (Lipinski definition) is 2. The summed E-state index contributed by atoms with van der Waals surface area (Å²) >= 11 is 2.25. The van der Waals surface area contributed by atoms with Crippen LogP contribution in [-0.4, -0.2) is 17.0 Å². The van der Waals surface area contributed by atoms with Crippen molar-refractivity contribution in [3.63, 3.8) is 0 Å². The Balaban J connectivity index is 2.53. The van der Waals surface area contributed by atoms with E-state index in [-0.39, 0.29) is 12.0 Å². The molecule has 0 heterocycles. The van der Waals surface area contributed by atoms with Gasteiger partial charge < -0.3 is 9.84 Å². The summed E-state index contributed by atoms with van der Waals surface area (Å²) < 4.78 is 31.7. The number of ether oxygens (including phenoxy) is 1. The molecule has 2 rings (SSSR count). The molecule has 0 aromatic heterocycles. The first-order valence-corrected chi connectivity index (χ1v) is 5.64. The Morgan fingerprint density at radius 1 is 1.50 bits per heavy atom. The third-order valence-corrected chi connectivity index (χ3v) is 3.64. The van der Waals surface area contributed by atoms with Crippen LogP contribution in [0.15, 0.2) is 18.2 Å². The Hall–Kier alpha value is -0.680. The van der Waals surface area contributed by atoms with Crippen molar-refractivity contribution in [1.29, 1.82) is 0 Å². The number of fused-ring (bicyclic) bond motifs is 1. The average Bonchev–Trinajstić information content (AvgIpc) is 2.56. The minimum Gasteiger partial charge on any atom is -0.497 e. The molecule has 0 spiro atoms. The monoisotopic (exact) mass is 292 g/mol. The predicted molar refractivity (Wildman–Crippen MR) is 59.1 cm³/mol. The molecule has 0 amide bonds. The lowest BCUT2D eigenvalue weighted by atomic mass is 9.96. The second-order valence-electron chi connectivity index (χ2n) is 3.88. The molecule has 1 aliphatic rings. The first kappa shape index (κ1) is 11.8. The van der Waals surface area contributed by atoms with Gasteiger partial charge in [-0.3, -0.25) is 0 Å². The zero-order chi connectivity index (χ0) is 12.0. The van der Waals surface area contributed by atoms with Crippen molar-refractivity contribution < 1.29 is 18.6 Å². The highest BCUT2D eigenvalue weighted by molar-refractivity contribution is 9.10. The lowest BCUT2D eigenvalue weighted by Gasteiger charge is -2.29. The Labute approximate surface area is 100 Å². The van der Waals surface area contributed by atoms with E-state index in [4.69, 9.17) is 4.74 Å². The van der Waals surface area contributed by atoms with Crippen molar-refractivity contribution in [3.05, 3.63) is 29.3 Å². The summed E-state index contributed by atoms with van der Waals surface area (Å²) in [5.41, 5.74) is -1.16. The number of alkyl halides is 3. The molecule has 0 saturated carbocycles. The number of halogens is 3. The topological polar surface area (TPSA) is 29.5 Å². The number of benzene rings is 1. The summed E-state index contributed by atoms with van der Waals surface area (Å²) in [5, 5.41) is 10.0. The molecular formula is C11H11BrF2O2. The summed E-state index contributed by atoms with van der Waals surface area (Å²) in [5.74, 6) is 0.468. The lowest BCUT2D eigenvalue weighted by molar-refractivity contribution is -0.120. The molecule has 2 nitrogen and oxygen atoms in total. The molecule has 0 radical (unpaired) electrons. The van der Waals surface area contributed by atoms with Crippen LogP contribution in [-0.2, 0) is 12.0 Å². The molecule has 1 atom stereocenters. The maximum absolute atomic E-state index is 13.4. The highest BCUT2D eigenvalue weighted by atomic mass is 79.9. The fourth-order valence-corrected chi connectivity index (χ4v) is 2.44. The van der Waals surface area contributed by atoms with Crippen molar-refractivity contribution in [1.82, 2.24) is 0 Å². The standard InChI is InChI=1S/C11H11BrF2O2/c1-16-8-3-2-7-4-5-10(15,9(7)6-8)11(12,13)14/h2-3,6,15H,4-5H2,1H3. The van der Waals surface area contributed by atoms with Crippen LogP contribution < -0.4 is 4.74 Å². The predicted octanol–water partition coefficient (Wildman–Crippen LogP) is 2.82. The van der Waals surface area contributed by atoms with Gasteiger partial charge in [0.05, 0.1) is 7.11 Å². The third kappa shape index (κ3) is 1.62. The van der Waals surface area contributed by atoms with Crippen LogP contribution in [0, 0.1) is 0 Å². The van der Waals surface area contributed by atoms with E-state index >= 15 is 0 Å².